The molecule has 2 nitrogen and oxygen atoms in total. The molecule has 0 heterocycles. The lowest BCUT2D eigenvalue weighted by Gasteiger charge is -2.23. The topological polar surface area (TPSA) is 32.3 Å². The first-order valence-electron chi connectivity index (χ1n) is 6.93. The molecule has 112 valence electrons. The van der Waals surface area contributed by atoms with Gasteiger partial charge in [-0.2, -0.15) is 0 Å². The third kappa shape index (κ3) is 4.37. The number of phenols is 1. The van der Waals surface area contributed by atoms with Crippen molar-refractivity contribution in [3.8, 4) is 5.75 Å². The lowest BCUT2D eigenvalue weighted by atomic mass is 9.96. The number of aromatic hydroxyl groups is 1. The zero-order valence-corrected chi connectivity index (χ0v) is 13.6. The van der Waals surface area contributed by atoms with Gasteiger partial charge in [0, 0.05) is 28.2 Å². The van der Waals surface area contributed by atoms with Crippen LogP contribution in [-0.4, -0.2) is 5.11 Å². The first-order valence-corrected chi connectivity index (χ1v) is 7.69. The number of phenolic OH excluding ortho intramolecular Hbond substituents is 1. The van der Waals surface area contributed by atoms with E-state index in [1.807, 2.05) is 24.3 Å². The lowest BCUT2D eigenvalue weighted by Crippen LogP contribution is -2.25. The van der Waals surface area contributed by atoms with E-state index >= 15 is 0 Å². The second-order valence-electron chi connectivity index (χ2n) is 5.43. The third-order valence-electron chi connectivity index (χ3n) is 3.45. The molecule has 0 aliphatic heterocycles. The summed E-state index contributed by atoms with van der Waals surface area (Å²) in [5.41, 5.74) is 1.97. The van der Waals surface area contributed by atoms with E-state index in [9.17, 15) is 5.11 Å². The number of benzene rings is 2. The van der Waals surface area contributed by atoms with Crippen LogP contribution in [0.2, 0.25) is 10.0 Å². The van der Waals surface area contributed by atoms with Crippen molar-refractivity contribution in [3.05, 3.63) is 63.6 Å². The molecule has 2 aromatic rings. The summed E-state index contributed by atoms with van der Waals surface area (Å²) >= 11 is 11.9. The van der Waals surface area contributed by atoms with Crippen LogP contribution in [0.15, 0.2) is 42.5 Å². The zero-order chi connectivity index (χ0) is 15.4. The Kier molecular flexibility index (Phi) is 5.51. The Balaban J connectivity index is 2.13. The molecule has 0 saturated heterocycles. The molecule has 0 amide bonds. The van der Waals surface area contributed by atoms with Crippen molar-refractivity contribution in [1.29, 1.82) is 0 Å². The first-order chi connectivity index (χ1) is 9.97. The van der Waals surface area contributed by atoms with E-state index < -0.39 is 0 Å². The number of halogens is 2. The smallest absolute Gasteiger partial charge is 0.120 e. The highest BCUT2D eigenvalue weighted by molar-refractivity contribution is 6.30. The Labute approximate surface area is 135 Å². The van der Waals surface area contributed by atoms with Gasteiger partial charge in [0.1, 0.15) is 5.75 Å². The molecule has 2 aromatic carbocycles. The molecular weight excluding hydrogens is 305 g/mol. The van der Waals surface area contributed by atoms with Crippen LogP contribution in [0.3, 0.4) is 0 Å². The highest BCUT2D eigenvalue weighted by Crippen LogP contribution is 2.26. The van der Waals surface area contributed by atoms with Crippen molar-refractivity contribution in [2.45, 2.75) is 26.4 Å². The average Bonchev–Trinajstić information content (AvgIpc) is 2.44. The van der Waals surface area contributed by atoms with E-state index in [1.54, 1.807) is 18.2 Å². The van der Waals surface area contributed by atoms with Gasteiger partial charge in [-0.15, -0.1) is 0 Å². The Morgan fingerprint density at radius 1 is 1.00 bits per heavy atom. The number of rotatable bonds is 5. The van der Waals surface area contributed by atoms with Crippen LogP contribution in [0.4, 0.5) is 0 Å². The molecule has 21 heavy (non-hydrogen) atoms. The minimum absolute atomic E-state index is 0.181. The number of nitrogens with one attached hydrogen (secondary N) is 1. The molecule has 0 bridgehead atoms. The van der Waals surface area contributed by atoms with E-state index in [2.05, 4.69) is 19.2 Å². The summed E-state index contributed by atoms with van der Waals surface area (Å²) in [7, 11) is 0. The van der Waals surface area contributed by atoms with Gasteiger partial charge < -0.3 is 10.4 Å². The molecule has 1 atom stereocenters. The zero-order valence-electron chi connectivity index (χ0n) is 12.1. The van der Waals surface area contributed by atoms with Crippen molar-refractivity contribution in [1.82, 2.24) is 5.32 Å². The highest BCUT2D eigenvalue weighted by atomic mass is 35.5. The third-order valence-corrected chi connectivity index (χ3v) is 3.94. The summed E-state index contributed by atoms with van der Waals surface area (Å²) in [5.74, 6) is 0.665. The van der Waals surface area contributed by atoms with Crippen molar-refractivity contribution in [3.63, 3.8) is 0 Å². The van der Waals surface area contributed by atoms with E-state index in [0.29, 0.717) is 17.5 Å². The summed E-state index contributed by atoms with van der Waals surface area (Å²) in [6.07, 6.45) is 0. The molecule has 0 spiro atoms. The summed E-state index contributed by atoms with van der Waals surface area (Å²) in [6.45, 7) is 4.87. The van der Waals surface area contributed by atoms with Gasteiger partial charge in [0.2, 0.25) is 0 Å². The van der Waals surface area contributed by atoms with Crippen LogP contribution in [0.5, 0.6) is 5.75 Å². The van der Waals surface area contributed by atoms with Crippen LogP contribution >= 0.6 is 23.2 Å². The van der Waals surface area contributed by atoms with Gasteiger partial charge >= 0.3 is 0 Å². The van der Waals surface area contributed by atoms with Gasteiger partial charge in [-0.3, -0.25) is 0 Å². The maximum Gasteiger partial charge on any atom is 0.120 e. The molecule has 2 rings (SSSR count). The van der Waals surface area contributed by atoms with Gasteiger partial charge in [-0.25, -0.2) is 0 Å². The Morgan fingerprint density at radius 3 is 2.24 bits per heavy atom. The molecular formula is C17H19Cl2NO. The van der Waals surface area contributed by atoms with Gasteiger partial charge in [0.05, 0.1) is 0 Å². The van der Waals surface area contributed by atoms with Crippen LogP contribution in [-0.2, 0) is 6.54 Å². The summed E-state index contributed by atoms with van der Waals surface area (Å²) < 4.78 is 0. The van der Waals surface area contributed by atoms with Crippen molar-refractivity contribution < 1.29 is 5.11 Å². The normalized spacial score (nSPS) is 12.6. The fraction of sp³-hybridized carbons (Fsp3) is 0.294. The maximum absolute atomic E-state index is 9.88. The second kappa shape index (κ2) is 7.17. The van der Waals surface area contributed by atoms with Gasteiger partial charge in [-0.1, -0.05) is 49.2 Å². The van der Waals surface area contributed by atoms with E-state index in [0.717, 1.165) is 10.6 Å². The van der Waals surface area contributed by atoms with Crippen molar-refractivity contribution in [2.75, 3.05) is 0 Å². The molecule has 0 aromatic heterocycles. The molecule has 0 aliphatic rings. The van der Waals surface area contributed by atoms with Crippen LogP contribution < -0.4 is 5.32 Å². The molecule has 0 fully saturated rings. The van der Waals surface area contributed by atoms with Gasteiger partial charge in [-0.05, 0) is 41.8 Å². The van der Waals surface area contributed by atoms with E-state index in [1.165, 1.54) is 5.56 Å². The fourth-order valence-corrected chi connectivity index (χ4v) is 2.64. The first kappa shape index (κ1) is 16.2. The summed E-state index contributed by atoms with van der Waals surface area (Å²) in [4.78, 5) is 0. The second-order valence-corrected chi connectivity index (χ2v) is 6.30. The maximum atomic E-state index is 9.88. The van der Waals surface area contributed by atoms with Crippen LogP contribution in [0.1, 0.15) is 31.0 Å². The Bertz CT molecular complexity index is 596. The van der Waals surface area contributed by atoms with E-state index in [-0.39, 0.29) is 11.8 Å². The fourth-order valence-electron chi connectivity index (χ4n) is 2.32. The number of hydrogen-bond donors (Lipinski definition) is 2. The summed E-state index contributed by atoms with van der Waals surface area (Å²) in [6, 6.07) is 13.1. The number of hydrogen-bond acceptors (Lipinski definition) is 2. The summed E-state index contributed by atoms with van der Waals surface area (Å²) in [5, 5.41) is 14.7. The largest absolute Gasteiger partial charge is 0.508 e. The van der Waals surface area contributed by atoms with Gasteiger partial charge in [0.15, 0.2) is 0 Å². The monoisotopic (exact) mass is 323 g/mol. The highest BCUT2D eigenvalue weighted by Gasteiger charge is 2.16. The van der Waals surface area contributed by atoms with Crippen molar-refractivity contribution >= 4 is 23.2 Å². The molecule has 1 unspecified atom stereocenters. The van der Waals surface area contributed by atoms with Gasteiger partial charge in [0.25, 0.3) is 0 Å². The van der Waals surface area contributed by atoms with Crippen LogP contribution in [0.25, 0.3) is 0 Å². The molecule has 0 saturated carbocycles. The minimum Gasteiger partial charge on any atom is -0.508 e. The standard InChI is InChI=1S/C17H19Cl2NO/c1-11(2)17(12-3-5-14(18)6-4-12)20-10-13-9-15(19)7-8-16(13)21/h3-9,11,17,20-21H,10H2,1-2H3. The molecule has 2 N–H and O–H groups in total. The van der Waals surface area contributed by atoms with Crippen LogP contribution in [0, 0.1) is 5.92 Å². The lowest BCUT2D eigenvalue weighted by molar-refractivity contribution is 0.402. The Morgan fingerprint density at radius 2 is 1.62 bits per heavy atom. The average molecular weight is 324 g/mol. The quantitative estimate of drug-likeness (QED) is 0.794. The van der Waals surface area contributed by atoms with E-state index in [4.69, 9.17) is 23.2 Å². The predicted octanol–water partition coefficient (Wildman–Crippen LogP) is 5.19. The molecule has 0 radical (unpaired) electrons. The minimum atomic E-state index is 0.181. The van der Waals surface area contributed by atoms with Crippen molar-refractivity contribution in [2.24, 2.45) is 5.92 Å². The SMILES string of the molecule is CC(C)C(NCc1cc(Cl)ccc1O)c1ccc(Cl)cc1. The molecule has 4 heteroatoms. The predicted molar refractivity (Wildman–Crippen MR) is 89.0 cm³/mol. The molecule has 0 aliphatic carbocycles. The Hall–Kier alpha value is -1.22.